The lowest BCUT2D eigenvalue weighted by atomic mass is 10.0. The maximum absolute atomic E-state index is 12.5. The fourth-order valence-corrected chi connectivity index (χ4v) is 3.05. The first kappa shape index (κ1) is 17.9. The Bertz CT molecular complexity index is 789. The smallest absolute Gasteiger partial charge is 0.410 e. The molecule has 1 N–H and O–H groups in total. The minimum Gasteiger partial charge on any atom is -0.453 e. The number of aromatic nitrogens is 2. The molecule has 2 heterocycles. The highest BCUT2D eigenvalue weighted by Crippen LogP contribution is 2.19. The number of hydrogen-bond acceptors (Lipinski definition) is 6. The molecule has 1 atom stereocenters. The quantitative estimate of drug-likeness (QED) is 0.900. The van der Waals surface area contributed by atoms with Gasteiger partial charge < -0.3 is 14.6 Å². The summed E-state index contributed by atoms with van der Waals surface area (Å²) >= 11 is 0. The summed E-state index contributed by atoms with van der Waals surface area (Å²) in [5.74, 6) is 0.549. The number of nitrogens with one attached hydrogen (secondary N) is 1. The highest BCUT2D eigenvalue weighted by Gasteiger charge is 2.32. The van der Waals surface area contributed by atoms with Crippen LogP contribution in [0.25, 0.3) is 11.4 Å². The molecule has 8 heteroatoms. The second-order valence-corrected chi connectivity index (χ2v) is 6.27. The molecule has 1 aromatic heterocycles. The molecule has 0 aliphatic carbocycles. The van der Waals surface area contributed by atoms with Crippen molar-refractivity contribution in [2.75, 3.05) is 13.7 Å². The van der Waals surface area contributed by atoms with Gasteiger partial charge in [-0.3, -0.25) is 9.69 Å². The van der Waals surface area contributed by atoms with Crippen molar-refractivity contribution in [2.45, 2.75) is 38.8 Å². The molecule has 1 aromatic carbocycles. The summed E-state index contributed by atoms with van der Waals surface area (Å²) in [6.45, 7) is 2.62. The molecule has 1 aliphatic rings. The summed E-state index contributed by atoms with van der Waals surface area (Å²) in [5.41, 5.74) is 1.96. The van der Waals surface area contributed by atoms with Crippen LogP contribution in [0, 0.1) is 6.92 Å². The van der Waals surface area contributed by atoms with Crippen LogP contribution in [0.3, 0.4) is 0 Å². The fourth-order valence-electron chi connectivity index (χ4n) is 3.05. The van der Waals surface area contributed by atoms with Gasteiger partial charge in [0, 0.05) is 12.1 Å². The number of ether oxygens (including phenoxy) is 1. The van der Waals surface area contributed by atoms with Crippen LogP contribution in [0.4, 0.5) is 4.79 Å². The van der Waals surface area contributed by atoms with Gasteiger partial charge in [0.05, 0.1) is 13.7 Å². The second kappa shape index (κ2) is 7.99. The molecular formula is C18H22N4O4. The van der Waals surface area contributed by atoms with Crippen LogP contribution in [0.15, 0.2) is 28.8 Å². The number of methoxy groups -OCH3 is 1. The van der Waals surface area contributed by atoms with Crippen molar-refractivity contribution >= 4 is 12.0 Å². The third kappa shape index (κ3) is 4.01. The van der Waals surface area contributed by atoms with E-state index in [1.54, 1.807) is 0 Å². The van der Waals surface area contributed by atoms with Gasteiger partial charge in [-0.15, -0.1) is 0 Å². The minimum absolute atomic E-state index is 0.114. The predicted molar refractivity (Wildman–Crippen MR) is 93.1 cm³/mol. The topological polar surface area (TPSA) is 97.6 Å². The van der Waals surface area contributed by atoms with Crippen LogP contribution < -0.4 is 5.32 Å². The molecule has 1 saturated heterocycles. The van der Waals surface area contributed by atoms with Crippen molar-refractivity contribution < 1.29 is 18.8 Å². The molecule has 26 heavy (non-hydrogen) atoms. The Labute approximate surface area is 151 Å². The van der Waals surface area contributed by atoms with Crippen molar-refractivity contribution in [1.29, 1.82) is 0 Å². The number of carbonyl (C=O) groups is 2. The highest BCUT2D eigenvalue weighted by molar-refractivity contribution is 5.85. The average molecular weight is 358 g/mol. The summed E-state index contributed by atoms with van der Waals surface area (Å²) in [7, 11) is 1.32. The molecule has 138 valence electrons. The zero-order chi connectivity index (χ0) is 18.5. The van der Waals surface area contributed by atoms with Gasteiger partial charge in [0.25, 0.3) is 0 Å². The van der Waals surface area contributed by atoms with Crippen molar-refractivity contribution in [1.82, 2.24) is 20.4 Å². The van der Waals surface area contributed by atoms with E-state index >= 15 is 0 Å². The summed E-state index contributed by atoms with van der Waals surface area (Å²) in [5, 5.41) is 6.72. The Hall–Kier alpha value is -2.90. The van der Waals surface area contributed by atoms with Gasteiger partial charge in [-0.05, 0) is 32.3 Å². The predicted octanol–water partition coefficient (Wildman–Crippen LogP) is 2.28. The molecule has 0 saturated carbocycles. The molecule has 1 aliphatic heterocycles. The van der Waals surface area contributed by atoms with E-state index in [-0.39, 0.29) is 12.5 Å². The van der Waals surface area contributed by atoms with Gasteiger partial charge in [-0.1, -0.05) is 28.9 Å². The number of piperidine rings is 1. The lowest BCUT2D eigenvalue weighted by Gasteiger charge is -2.33. The number of rotatable bonds is 4. The Morgan fingerprint density at radius 1 is 1.38 bits per heavy atom. The van der Waals surface area contributed by atoms with E-state index < -0.39 is 12.1 Å². The number of likely N-dealkylation sites (tertiary alicyclic amines) is 1. The van der Waals surface area contributed by atoms with Crippen LogP contribution in [0.5, 0.6) is 0 Å². The SMILES string of the molecule is COC(=O)N1CCCC[C@@H]1C(=O)NCc1nc(-c2cccc(C)c2)no1. The number of aryl methyl sites for hydroxylation is 1. The van der Waals surface area contributed by atoms with E-state index in [2.05, 4.69) is 15.5 Å². The number of nitrogens with zero attached hydrogens (tertiary/aromatic N) is 3. The molecule has 2 aromatic rings. The van der Waals surface area contributed by atoms with Crippen molar-refractivity contribution in [3.05, 3.63) is 35.7 Å². The first-order chi connectivity index (χ1) is 12.6. The molecular weight excluding hydrogens is 336 g/mol. The Morgan fingerprint density at radius 3 is 3.00 bits per heavy atom. The van der Waals surface area contributed by atoms with Crippen LogP contribution >= 0.6 is 0 Å². The van der Waals surface area contributed by atoms with Crippen molar-refractivity contribution in [2.24, 2.45) is 0 Å². The maximum Gasteiger partial charge on any atom is 0.410 e. The first-order valence-corrected chi connectivity index (χ1v) is 8.60. The Morgan fingerprint density at radius 2 is 2.23 bits per heavy atom. The molecule has 3 rings (SSSR count). The number of hydrogen-bond donors (Lipinski definition) is 1. The van der Waals surface area contributed by atoms with Crippen LogP contribution in [-0.2, 0) is 16.1 Å². The van der Waals surface area contributed by atoms with E-state index in [1.807, 2.05) is 31.2 Å². The normalized spacial score (nSPS) is 17.0. The van der Waals surface area contributed by atoms with Gasteiger partial charge in [0.2, 0.25) is 17.6 Å². The molecule has 0 radical (unpaired) electrons. The second-order valence-electron chi connectivity index (χ2n) is 6.27. The molecule has 0 spiro atoms. The number of amides is 2. The van der Waals surface area contributed by atoms with Gasteiger partial charge in [0.15, 0.2) is 0 Å². The van der Waals surface area contributed by atoms with E-state index in [0.717, 1.165) is 24.0 Å². The zero-order valence-corrected chi connectivity index (χ0v) is 14.9. The molecule has 1 fully saturated rings. The van der Waals surface area contributed by atoms with Gasteiger partial charge in [0.1, 0.15) is 6.04 Å². The largest absolute Gasteiger partial charge is 0.453 e. The average Bonchev–Trinajstić information content (AvgIpc) is 3.14. The Balaban J connectivity index is 1.62. The van der Waals surface area contributed by atoms with Crippen molar-refractivity contribution in [3.63, 3.8) is 0 Å². The summed E-state index contributed by atoms with van der Waals surface area (Å²) in [6.07, 6.45) is 1.88. The molecule has 0 bridgehead atoms. The standard InChI is InChI=1S/C18H22N4O4/c1-12-6-5-7-13(10-12)16-20-15(26-21-16)11-19-17(23)14-8-3-4-9-22(14)18(24)25-2/h5-7,10,14H,3-4,8-9,11H2,1-2H3,(H,19,23)/t14-/m1/s1. The van der Waals surface area contributed by atoms with E-state index in [0.29, 0.717) is 24.7 Å². The minimum atomic E-state index is -0.532. The van der Waals surface area contributed by atoms with Crippen LogP contribution in [-0.4, -0.2) is 46.7 Å². The maximum atomic E-state index is 12.5. The van der Waals surface area contributed by atoms with E-state index in [9.17, 15) is 9.59 Å². The third-order valence-electron chi connectivity index (χ3n) is 4.37. The summed E-state index contributed by atoms with van der Waals surface area (Å²) < 4.78 is 9.97. The highest BCUT2D eigenvalue weighted by atomic mass is 16.5. The molecule has 0 unspecified atom stereocenters. The third-order valence-corrected chi connectivity index (χ3v) is 4.37. The lowest BCUT2D eigenvalue weighted by Crippen LogP contribution is -2.51. The summed E-state index contributed by atoms with van der Waals surface area (Å²) in [6, 6.07) is 7.24. The van der Waals surface area contributed by atoms with E-state index in [1.165, 1.54) is 12.0 Å². The van der Waals surface area contributed by atoms with Crippen LogP contribution in [0.2, 0.25) is 0 Å². The number of benzene rings is 1. The monoisotopic (exact) mass is 358 g/mol. The molecule has 2 amide bonds. The first-order valence-electron chi connectivity index (χ1n) is 8.60. The number of carbonyl (C=O) groups excluding carboxylic acids is 2. The van der Waals surface area contributed by atoms with Gasteiger partial charge in [-0.2, -0.15) is 4.98 Å². The zero-order valence-electron chi connectivity index (χ0n) is 14.9. The van der Waals surface area contributed by atoms with Crippen molar-refractivity contribution in [3.8, 4) is 11.4 Å². The van der Waals surface area contributed by atoms with Gasteiger partial charge >= 0.3 is 6.09 Å². The van der Waals surface area contributed by atoms with Crippen LogP contribution in [0.1, 0.15) is 30.7 Å². The Kier molecular flexibility index (Phi) is 5.50. The van der Waals surface area contributed by atoms with Gasteiger partial charge in [-0.25, -0.2) is 4.79 Å². The fraction of sp³-hybridized carbons (Fsp3) is 0.444. The lowest BCUT2D eigenvalue weighted by molar-refractivity contribution is -0.127. The van der Waals surface area contributed by atoms with E-state index in [4.69, 9.17) is 9.26 Å². The summed E-state index contributed by atoms with van der Waals surface area (Å²) in [4.78, 5) is 30.1. The molecule has 8 nitrogen and oxygen atoms in total.